The second kappa shape index (κ2) is 14.9. The van der Waals surface area contributed by atoms with E-state index in [0.717, 1.165) is 12.0 Å². The fourth-order valence-corrected chi connectivity index (χ4v) is 3.84. The lowest BCUT2D eigenvalue weighted by molar-refractivity contribution is 0.467. The van der Waals surface area contributed by atoms with E-state index in [0.29, 0.717) is 5.75 Å². The van der Waals surface area contributed by atoms with Gasteiger partial charge in [-0.1, -0.05) is 82.9 Å². The predicted octanol–water partition coefficient (Wildman–Crippen LogP) is 6.98. The van der Waals surface area contributed by atoms with E-state index in [4.69, 9.17) is 0 Å². The first kappa shape index (κ1) is 20.4. The van der Waals surface area contributed by atoms with E-state index in [-0.39, 0.29) is 0 Å². The van der Waals surface area contributed by atoms with Gasteiger partial charge in [0.15, 0.2) is 0 Å². The van der Waals surface area contributed by atoms with Crippen LogP contribution >= 0.6 is 11.8 Å². The van der Waals surface area contributed by atoms with Crippen molar-refractivity contribution < 1.29 is 5.11 Å². The molecule has 0 aliphatic carbocycles. The second-order valence-corrected chi connectivity index (χ2v) is 7.75. The quantitative estimate of drug-likeness (QED) is 0.349. The third-order valence-electron chi connectivity index (χ3n) is 4.37. The normalized spacial score (nSPS) is 11.0. The van der Waals surface area contributed by atoms with E-state index in [1.165, 1.54) is 82.1 Å². The predicted molar refractivity (Wildman–Crippen MR) is 106 cm³/mol. The van der Waals surface area contributed by atoms with Crippen molar-refractivity contribution in [2.45, 2.75) is 84.0 Å². The molecule has 132 valence electrons. The molecular weight excluding hydrogens is 300 g/mol. The lowest BCUT2D eigenvalue weighted by Crippen LogP contribution is -1.90. The van der Waals surface area contributed by atoms with Crippen molar-refractivity contribution >= 4 is 11.8 Å². The van der Waals surface area contributed by atoms with Crippen LogP contribution in [-0.2, 0) is 6.42 Å². The maximum absolute atomic E-state index is 9.71. The molecule has 1 rings (SSSR count). The lowest BCUT2D eigenvalue weighted by Gasteiger charge is -2.05. The Morgan fingerprint density at radius 1 is 0.739 bits per heavy atom. The molecule has 1 aromatic carbocycles. The minimum Gasteiger partial charge on any atom is -0.508 e. The summed E-state index contributed by atoms with van der Waals surface area (Å²) in [6.45, 7) is 2.28. The molecule has 0 unspecified atom stereocenters. The Hall–Kier alpha value is -0.630. The number of para-hydroxylation sites is 1. The lowest BCUT2D eigenvalue weighted by atomic mass is 10.1. The molecule has 0 saturated carbocycles. The number of hydrogen-bond acceptors (Lipinski definition) is 2. The third kappa shape index (κ3) is 11.5. The van der Waals surface area contributed by atoms with Crippen LogP contribution in [0.25, 0.3) is 0 Å². The van der Waals surface area contributed by atoms with Gasteiger partial charge >= 0.3 is 0 Å². The largest absolute Gasteiger partial charge is 0.508 e. The van der Waals surface area contributed by atoms with Crippen LogP contribution in [0.2, 0.25) is 0 Å². The second-order valence-electron chi connectivity index (χ2n) is 6.53. The monoisotopic (exact) mass is 336 g/mol. The number of unbranched alkanes of at least 4 members (excludes halogenated alkanes) is 9. The molecule has 0 radical (unpaired) electrons. The van der Waals surface area contributed by atoms with Crippen molar-refractivity contribution in [3.05, 3.63) is 29.8 Å². The molecule has 0 fully saturated rings. The molecule has 0 spiro atoms. The van der Waals surface area contributed by atoms with E-state index >= 15 is 0 Å². The highest BCUT2D eigenvalue weighted by atomic mass is 32.2. The zero-order valence-electron chi connectivity index (χ0n) is 15.1. The molecule has 0 atom stereocenters. The van der Waals surface area contributed by atoms with E-state index in [1.807, 2.05) is 18.2 Å². The minimum absolute atomic E-state index is 0.451. The SMILES string of the molecule is CCCCCCCCCCCCSCCCc1ccccc1O. The molecule has 0 saturated heterocycles. The first-order valence-electron chi connectivity index (χ1n) is 9.69. The van der Waals surface area contributed by atoms with Crippen LogP contribution in [0.1, 0.15) is 83.1 Å². The number of aromatic hydroxyl groups is 1. The van der Waals surface area contributed by atoms with Gasteiger partial charge in [0.25, 0.3) is 0 Å². The Bertz CT molecular complexity index is 378. The topological polar surface area (TPSA) is 20.2 Å². The molecule has 23 heavy (non-hydrogen) atoms. The van der Waals surface area contributed by atoms with Gasteiger partial charge in [-0.2, -0.15) is 11.8 Å². The van der Waals surface area contributed by atoms with E-state index in [1.54, 1.807) is 6.07 Å². The third-order valence-corrected chi connectivity index (χ3v) is 5.52. The molecule has 0 heterocycles. The Kier molecular flexibility index (Phi) is 13.3. The van der Waals surface area contributed by atoms with Crippen molar-refractivity contribution in [1.82, 2.24) is 0 Å². The smallest absolute Gasteiger partial charge is 0.118 e. The van der Waals surface area contributed by atoms with Crippen LogP contribution in [0.4, 0.5) is 0 Å². The van der Waals surface area contributed by atoms with Crippen molar-refractivity contribution in [2.75, 3.05) is 11.5 Å². The Morgan fingerprint density at radius 2 is 1.30 bits per heavy atom. The molecule has 0 amide bonds. The zero-order valence-corrected chi connectivity index (χ0v) is 15.9. The van der Waals surface area contributed by atoms with Crippen molar-refractivity contribution in [2.24, 2.45) is 0 Å². The van der Waals surface area contributed by atoms with Crippen LogP contribution < -0.4 is 0 Å². The van der Waals surface area contributed by atoms with Crippen LogP contribution in [0.5, 0.6) is 5.75 Å². The maximum atomic E-state index is 9.71. The first-order chi connectivity index (χ1) is 11.3. The highest BCUT2D eigenvalue weighted by molar-refractivity contribution is 7.99. The average Bonchev–Trinajstić information content (AvgIpc) is 2.57. The Labute approximate surface area is 148 Å². The van der Waals surface area contributed by atoms with E-state index in [9.17, 15) is 5.11 Å². The van der Waals surface area contributed by atoms with Crippen LogP contribution in [0.15, 0.2) is 24.3 Å². The zero-order chi connectivity index (χ0) is 16.6. The summed E-state index contributed by atoms with van der Waals surface area (Å²) >= 11 is 2.07. The van der Waals surface area contributed by atoms with E-state index < -0.39 is 0 Å². The summed E-state index contributed by atoms with van der Waals surface area (Å²) in [5.41, 5.74) is 1.09. The Balaban J connectivity index is 1.79. The molecule has 0 bridgehead atoms. The number of hydrogen-bond donors (Lipinski definition) is 1. The Morgan fingerprint density at radius 3 is 1.96 bits per heavy atom. The van der Waals surface area contributed by atoms with Crippen LogP contribution in [-0.4, -0.2) is 16.6 Å². The number of thioether (sulfide) groups is 1. The molecule has 1 nitrogen and oxygen atoms in total. The molecule has 2 heteroatoms. The highest BCUT2D eigenvalue weighted by Gasteiger charge is 1.99. The van der Waals surface area contributed by atoms with Gasteiger partial charge in [-0.15, -0.1) is 0 Å². The van der Waals surface area contributed by atoms with Gasteiger partial charge < -0.3 is 5.11 Å². The standard InChI is InChI=1S/C21H36OS/c1-2-3-4-5-6-7-8-9-10-13-18-23-19-14-16-20-15-11-12-17-21(20)22/h11-12,15,17,22H,2-10,13-14,16,18-19H2,1H3. The first-order valence-corrected chi connectivity index (χ1v) is 10.8. The maximum Gasteiger partial charge on any atom is 0.118 e. The van der Waals surface area contributed by atoms with Gasteiger partial charge in [-0.05, 0) is 42.4 Å². The van der Waals surface area contributed by atoms with Crippen molar-refractivity contribution in [1.29, 1.82) is 0 Å². The summed E-state index contributed by atoms with van der Waals surface area (Å²) < 4.78 is 0. The fourth-order valence-electron chi connectivity index (χ4n) is 2.88. The highest BCUT2D eigenvalue weighted by Crippen LogP contribution is 2.19. The van der Waals surface area contributed by atoms with Crippen LogP contribution in [0, 0.1) is 0 Å². The summed E-state index contributed by atoms with van der Waals surface area (Å²) in [6.07, 6.45) is 16.3. The van der Waals surface area contributed by atoms with Crippen molar-refractivity contribution in [3.8, 4) is 5.75 Å². The van der Waals surface area contributed by atoms with Crippen molar-refractivity contribution in [3.63, 3.8) is 0 Å². The summed E-state index contributed by atoms with van der Waals surface area (Å²) in [4.78, 5) is 0. The summed E-state index contributed by atoms with van der Waals surface area (Å²) in [6, 6.07) is 7.71. The molecular formula is C21H36OS. The summed E-state index contributed by atoms with van der Waals surface area (Å²) in [5.74, 6) is 2.97. The molecule has 1 N–H and O–H groups in total. The molecule has 0 aromatic heterocycles. The van der Waals surface area contributed by atoms with Gasteiger partial charge in [0.1, 0.15) is 5.75 Å². The fraction of sp³-hybridized carbons (Fsp3) is 0.714. The number of phenols is 1. The minimum atomic E-state index is 0.451. The van der Waals surface area contributed by atoms with Gasteiger partial charge in [0.2, 0.25) is 0 Å². The van der Waals surface area contributed by atoms with Gasteiger partial charge in [-0.25, -0.2) is 0 Å². The van der Waals surface area contributed by atoms with Gasteiger partial charge in [0.05, 0.1) is 0 Å². The summed E-state index contributed by atoms with van der Waals surface area (Å²) in [5, 5.41) is 9.71. The molecule has 0 aliphatic rings. The molecule has 1 aromatic rings. The van der Waals surface area contributed by atoms with E-state index in [2.05, 4.69) is 18.7 Å². The molecule has 0 aliphatic heterocycles. The average molecular weight is 337 g/mol. The number of phenolic OH excluding ortho intramolecular Hbond substituents is 1. The summed E-state index contributed by atoms with van der Waals surface area (Å²) in [7, 11) is 0. The number of benzene rings is 1. The van der Waals surface area contributed by atoms with Crippen LogP contribution in [0.3, 0.4) is 0 Å². The van der Waals surface area contributed by atoms with Gasteiger partial charge in [0, 0.05) is 0 Å². The number of rotatable bonds is 15. The number of aryl methyl sites for hydroxylation is 1. The van der Waals surface area contributed by atoms with Gasteiger partial charge in [-0.3, -0.25) is 0 Å².